The first kappa shape index (κ1) is 13.3. The highest BCUT2D eigenvalue weighted by molar-refractivity contribution is 9.10. The molecular formula is C12H14BrFN2O2. The summed E-state index contributed by atoms with van der Waals surface area (Å²) >= 11 is 2.96. The predicted octanol–water partition coefficient (Wildman–Crippen LogP) is 4.10. The maximum absolute atomic E-state index is 13.4. The summed E-state index contributed by atoms with van der Waals surface area (Å²) in [6.45, 7) is 1.96. The molecule has 0 radical (unpaired) electrons. The first-order valence-electron chi connectivity index (χ1n) is 5.87. The Morgan fingerprint density at radius 2 is 2.28 bits per heavy atom. The third-order valence-corrected chi connectivity index (χ3v) is 3.63. The van der Waals surface area contributed by atoms with Crippen molar-refractivity contribution in [3.63, 3.8) is 0 Å². The minimum Gasteiger partial charge on any atom is -0.377 e. The second kappa shape index (κ2) is 5.22. The van der Waals surface area contributed by atoms with Crippen molar-refractivity contribution in [1.29, 1.82) is 0 Å². The summed E-state index contributed by atoms with van der Waals surface area (Å²) < 4.78 is 13.5. The van der Waals surface area contributed by atoms with Crippen LogP contribution in [0.25, 0.3) is 0 Å². The molecule has 0 spiro atoms. The Balaban J connectivity index is 2.18. The monoisotopic (exact) mass is 316 g/mol. The van der Waals surface area contributed by atoms with Crippen LogP contribution in [0.15, 0.2) is 16.6 Å². The Morgan fingerprint density at radius 1 is 1.61 bits per heavy atom. The van der Waals surface area contributed by atoms with Crippen LogP contribution in [0.1, 0.15) is 26.2 Å². The van der Waals surface area contributed by atoms with Gasteiger partial charge in [0.15, 0.2) is 0 Å². The van der Waals surface area contributed by atoms with Crippen LogP contribution < -0.4 is 5.32 Å². The second-order valence-corrected chi connectivity index (χ2v) is 5.62. The summed E-state index contributed by atoms with van der Waals surface area (Å²) in [6, 6.07) is 2.48. The molecule has 1 aliphatic rings. The highest BCUT2D eigenvalue weighted by atomic mass is 79.9. The summed E-state index contributed by atoms with van der Waals surface area (Å²) in [5, 5.41) is 14.0. The maximum Gasteiger partial charge on any atom is 0.293 e. The molecule has 0 amide bonds. The van der Waals surface area contributed by atoms with Gasteiger partial charge in [-0.1, -0.05) is 12.8 Å². The Labute approximate surface area is 113 Å². The first-order valence-corrected chi connectivity index (χ1v) is 6.66. The molecule has 1 atom stereocenters. The van der Waals surface area contributed by atoms with Crippen LogP contribution in [0.5, 0.6) is 0 Å². The number of benzene rings is 1. The number of hydrogen-bond donors (Lipinski definition) is 1. The fourth-order valence-corrected chi connectivity index (χ4v) is 2.31. The van der Waals surface area contributed by atoms with Crippen LogP contribution in [-0.4, -0.2) is 11.0 Å². The zero-order chi connectivity index (χ0) is 13.3. The summed E-state index contributed by atoms with van der Waals surface area (Å²) in [5.74, 6) is 0.216. The van der Waals surface area contributed by atoms with Crippen LogP contribution in [-0.2, 0) is 0 Å². The van der Waals surface area contributed by atoms with Crippen molar-refractivity contribution in [3.05, 3.63) is 32.5 Å². The molecule has 1 N–H and O–H groups in total. The van der Waals surface area contributed by atoms with Gasteiger partial charge in [-0.15, -0.1) is 0 Å². The molecule has 1 fully saturated rings. The standard InChI is InChI=1S/C12H14BrFN2O2/c1-7(4-8-2-3-8)15-11-6-10(14)9(13)5-12(11)16(17)18/h5-8,15H,2-4H2,1H3. The van der Waals surface area contributed by atoms with Gasteiger partial charge in [-0.2, -0.15) is 0 Å². The Bertz CT molecular complexity index is 477. The van der Waals surface area contributed by atoms with Gasteiger partial charge in [0.05, 0.1) is 9.40 Å². The molecule has 1 saturated carbocycles. The van der Waals surface area contributed by atoms with Gasteiger partial charge in [0.2, 0.25) is 0 Å². The van der Waals surface area contributed by atoms with E-state index in [9.17, 15) is 14.5 Å². The van der Waals surface area contributed by atoms with Crippen molar-refractivity contribution in [2.45, 2.75) is 32.2 Å². The molecule has 6 heteroatoms. The van der Waals surface area contributed by atoms with Gasteiger partial charge in [0.25, 0.3) is 5.69 Å². The van der Waals surface area contributed by atoms with Crippen molar-refractivity contribution in [2.75, 3.05) is 5.32 Å². The highest BCUT2D eigenvalue weighted by Crippen LogP contribution is 2.36. The van der Waals surface area contributed by atoms with Crippen LogP contribution in [0.3, 0.4) is 0 Å². The predicted molar refractivity (Wildman–Crippen MR) is 71.2 cm³/mol. The average molecular weight is 317 g/mol. The largest absolute Gasteiger partial charge is 0.377 e. The smallest absolute Gasteiger partial charge is 0.293 e. The maximum atomic E-state index is 13.4. The third-order valence-electron chi connectivity index (χ3n) is 3.02. The molecule has 0 aromatic heterocycles. The SMILES string of the molecule is CC(CC1CC1)Nc1cc(F)c(Br)cc1[N+](=O)[O-]. The second-order valence-electron chi connectivity index (χ2n) is 4.77. The molecule has 0 heterocycles. The van der Waals surface area contributed by atoms with Crippen molar-refractivity contribution < 1.29 is 9.31 Å². The van der Waals surface area contributed by atoms with Crippen molar-refractivity contribution in [3.8, 4) is 0 Å². The third kappa shape index (κ3) is 3.19. The summed E-state index contributed by atoms with van der Waals surface area (Å²) in [7, 11) is 0. The fraction of sp³-hybridized carbons (Fsp3) is 0.500. The number of hydrogen-bond acceptors (Lipinski definition) is 3. The van der Waals surface area contributed by atoms with Crippen LogP contribution >= 0.6 is 15.9 Å². The van der Waals surface area contributed by atoms with E-state index in [1.165, 1.54) is 25.0 Å². The number of nitro benzene ring substituents is 1. The summed E-state index contributed by atoms with van der Waals surface area (Å²) in [6.07, 6.45) is 3.42. The zero-order valence-corrected chi connectivity index (χ0v) is 11.5. The van der Waals surface area contributed by atoms with Gasteiger partial charge in [0.1, 0.15) is 11.5 Å². The van der Waals surface area contributed by atoms with Gasteiger partial charge in [-0.3, -0.25) is 10.1 Å². The first-order chi connectivity index (χ1) is 8.47. The Kier molecular flexibility index (Phi) is 3.85. The molecular weight excluding hydrogens is 303 g/mol. The fourth-order valence-electron chi connectivity index (χ4n) is 1.98. The lowest BCUT2D eigenvalue weighted by Crippen LogP contribution is -2.16. The van der Waals surface area contributed by atoms with E-state index in [1.54, 1.807) is 0 Å². The average Bonchev–Trinajstić information content (AvgIpc) is 3.06. The van der Waals surface area contributed by atoms with Gasteiger partial charge >= 0.3 is 0 Å². The molecule has 2 rings (SSSR count). The molecule has 1 aromatic carbocycles. The summed E-state index contributed by atoms with van der Waals surface area (Å²) in [4.78, 5) is 10.4. The minimum atomic E-state index is -0.504. The summed E-state index contributed by atoms with van der Waals surface area (Å²) in [5.41, 5.74) is 0.139. The van der Waals surface area contributed by atoms with E-state index in [1.807, 2.05) is 6.92 Å². The van der Waals surface area contributed by atoms with E-state index in [4.69, 9.17) is 0 Å². The topological polar surface area (TPSA) is 55.2 Å². The van der Waals surface area contributed by atoms with E-state index in [0.29, 0.717) is 5.92 Å². The van der Waals surface area contributed by atoms with Gasteiger partial charge in [-0.25, -0.2) is 4.39 Å². The van der Waals surface area contributed by atoms with Crippen molar-refractivity contribution in [1.82, 2.24) is 0 Å². The lowest BCUT2D eigenvalue weighted by Gasteiger charge is -2.15. The van der Waals surface area contributed by atoms with Crippen LogP contribution in [0.2, 0.25) is 0 Å². The van der Waals surface area contributed by atoms with Crippen LogP contribution in [0, 0.1) is 21.8 Å². The number of anilines is 1. The molecule has 1 aromatic rings. The lowest BCUT2D eigenvalue weighted by molar-refractivity contribution is -0.384. The van der Waals surface area contributed by atoms with Crippen LogP contribution in [0.4, 0.5) is 15.8 Å². The van der Waals surface area contributed by atoms with Crippen molar-refractivity contribution >= 4 is 27.3 Å². The van der Waals surface area contributed by atoms with E-state index < -0.39 is 10.7 Å². The quantitative estimate of drug-likeness (QED) is 0.657. The van der Waals surface area contributed by atoms with E-state index in [-0.39, 0.29) is 21.9 Å². The van der Waals surface area contributed by atoms with E-state index in [0.717, 1.165) is 6.42 Å². The number of nitrogens with zero attached hydrogens (tertiary/aromatic N) is 1. The number of nitro groups is 1. The van der Waals surface area contributed by atoms with Gasteiger partial charge in [-0.05, 0) is 35.2 Å². The zero-order valence-electron chi connectivity index (χ0n) is 9.95. The highest BCUT2D eigenvalue weighted by Gasteiger charge is 2.25. The normalized spacial score (nSPS) is 16.4. The molecule has 4 nitrogen and oxygen atoms in total. The molecule has 0 bridgehead atoms. The molecule has 98 valence electrons. The molecule has 18 heavy (non-hydrogen) atoms. The van der Waals surface area contributed by atoms with E-state index in [2.05, 4.69) is 21.2 Å². The molecule has 0 aliphatic heterocycles. The van der Waals surface area contributed by atoms with Crippen molar-refractivity contribution in [2.24, 2.45) is 5.92 Å². The Morgan fingerprint density at radius 3 is 2.83 bits per heavy atom. The van der Waals surface area contributed by atoms with E-state index >= 15 is 0 Å². The number of halogens is 2. The van der Waals surface area contributed by atoms with Gasteiger partial charge in [0, 0.05) is 18.2 Å². The molecule has 1 unspecified atom stereocenters. The molecule has 1 aliphatic carbocycles. The Hall–Kier alpha value is -1.17. The molecule has 0 saturated heterocycles. The van der Waals surface area contributed by atoms with Gasteiger partial charge < -0.3 is 5.32 Å². The lowest BCUT2D eigenvalue weighted by atomic mass is 10.1. The number of rotatable bonds is 5. The number of nitrogens with one attached hydrogen (secondary N) is 1. The minimum absolute atomic E-state index is 0.106.